The summed E-state index contributed by atoms with van der Waals surface area (Å²) < 4.78 is 31.1. The van der Waals surface area contributed by atoms with Crippen molar-refractivity contribution >= 4 is 11.7 Å². The van der Waals surface area contributed by atoms with E-state index in [1.165, 1.54) is 6.20 Å². The molecule has 0 saturated heterocycles. The molecule has 5 nitrogen and oxygen atoms in total. The van der Waals surface area contributed by atoms with Gasteiger partial charge >= 0.3 is 5.97 Å². The van der Waals surface area contributed by atoms with Crippen LogP contribution in [-0.2, 0) is 0 Å². The minimum atomic E-state index is -1.32. The van der Waals surface area contributed by atoms with E-state index in [0.717, 1.165) is 18.2 Å². The molecule has 2 aromatic rings. The number of aromatic nitrogens is 1. The Morgan fingerprint density at radius 1 is 1.32 bits per heavy atom. The van der Waals surface area contributed by atoms with E-state index >= 15 is 0 Å². The lowest BCUT2D eigenvalue weighted by Gasteiger charge is -2.08. The molecule has 0 radical (unpaired) electrons. The summed E-state index contributed by atoms with van der Waals surface area (Å²) in [6, 6.07) is 3.77. The molecule has 19 heavy (non-hydrogen) atoms. The molecule has 7 heteroatoms. The lowest BCUT2D eigenvalue weighted by molar-refractivity contribution is 0.0693. The fourth-order valence-corrected chi connectivity index (χ4v) is 1.37. The first-order valence-electron chi connectivity index (χ1n) is 5.09. The van der Waals surface area contributed by atoms with Crippen LogP contribution in [0.25, 0.3) is 0 Å². The number of hydrogen-bond acceptors (Lipinski definition) is 4. The molecule has 2 rings (SSSR count). The van der Waals surface area contributed by atoms with Crippen molar-refractivity contribution in [3.63, 3.8) is 0 Å². The molecule has 0 amide bonds. The molecule has 98 valence electrons. The van der Waals surface area contributed by atoms with Crippen LogP contribution in [0.15, 0.2) is 30.5 Å². The molecule has 0 spiro atoms. The van der Waals surface area contributed by atoms with Gasteiger partial charge in [0.15, 0.2) is 11.6 Å². The van der Waals surface area contributed by atoms with E-state index in [4.69, 9.17) is 15.6 Å². The highest BCUT2D eigenvalue weighted by Crippen LogP contribution is 2.27. The zero-order valence-electron chi connectivity index (χ0n) is 9.43. The molecule has 0 bridgehead atoms. The van der Waals surface area contributed by atoms with Gasteiger partial charge in [0.1, 0.15) is 11.4 Å². The summed E-state index contributed by atoms with van der Waals surface area (Å²) in [5.74, 6) is -3.71. The van der Waals surface area contributed by atoms with Gasteiger partial charge in [-0.2, -0.15) is 0 Å². The van der Waals surface area contributed by atoms with Gasteiger partial charge in [-0.3, -0.25) is 0 Å². The normalized spacial score (nSPS) is 10.2. The molecule has 0 aliphatic rings. The van der Waals surface area contributed by atoms with Crippen LogP contribution < -0.4 is 10.5 Å². The molecule has 1 aromatic heterocycles. The predicted octanol–water partition coefficient (Wildman–Crippen LogP) is 2.43. The van der Waals surface area contributed by atoms with Crippen molar-refractivity contribution in [1.29, 1.82) is 0 Å². The second-order valence-corrected chi connectivity index (χ2v) is 3.60. The van der Waals surface area contributed by atoms with E-state index < -0.39 is 17.6 Å². The average molecular weight is 266 g/mol. The molecule has 1 heterocycles. The second-order valence-electron chi connectivity index (χ2n) is 3.60. The minimum Gasteiger partial charge on any atom is -0.477 e. The third kappa shape index (κ3) is 2.76. The number of benzene rings is 1. The second kappa shape index (κ2) is 4.89. The third-order valence-corrected chi connectivity index (χ3v) is 2.20. The van der Waals surface area contributed by atoms with Crippen LogP contribution >= 0.6 is 0 Å². The summed E-state index contributed by atoms with van der Waals surface area (Å²) in [7, 11) is 0. The molecule has 0 atom stereocenters. The summed E-state index contributed by atoms with van der Waals surface area (Å²) >= 11 is 0. The van der Waals surface area contributed by atoms with Crippen molar-refractivity contribution in [1.82, 2.24) is 4.98 Å². The lowest BCUT2D eigenvalue weighted by Crippen LogP contribution is -2.04. The topological polar surface area (TPSA) is 85.4 Å². The number of rotatable bonds is 3. The van der Waals surface area contributed by atoms with Crippen LogP contribution in [0, 0.1) is 11.6 Å². The Balaban J connectivity index is 2.40. The van der Waals surface area contributed by atoms with Crippen molar-refractivity contribution in [2.75, 3.05) is 5.73 Å². The highest BCUT2D eigenvalue weighted by Gasteiger charge is 2.16. The molecule has 0 fully saturated rings. The first-order valence-corrected chi connectivity index (χ1v) is 5.09. The monoisotopic (exact) mass is 266 g/mol. The van der Waals surface area contributed by atoms with Gasteiger partial charge in [-0.15, -0.1) is 0 Å². The lowest BCUT2D eigenvalue weighted by atomic mass is 10.2. The summed E-state index contributed by atoms with van der Waals surface area (Å²) in [5, 5.41) is 8.95. The number of carboxylic acids is 1. The van der Waals surface area contributed by atoms with E-state index in [0.29, 0.717) is 6.07 Å². The van der Waals surface area contributed by atoms with E-state index in [-0.39, 0.29) is 22.9 Å². The van der Waals surface area contributed by atoms with Crippen molar-refractivity contribution < 1.29 is 23.4 Å². The number of halogens is 2. The Morgan fingerprint density at radius 2 is 2.05 bits per heavy atom. The number of nitrogens with zero attached hydrogens (tertiary/aromatic N) is 1. The smallest absolute Gasteiger partial charge is 0.341 e. The van der Waals surface area contributed by atoms with Gasteiger partial charge in [0.25, 0.3) is 0 Å². The number of nitrogen functional groups attached to an aromatic ring is 1. The quantitative estimate of drug-likeness (QED) is 0.891. The Labute approximate surface area is 106 Å². The average Bonchev–Trinajstić information content (AvgIpc) is 2.34. The van der Waals surface area contributed by atoms with Gasteiger partial charge in [-0.1, -0.05) is 0 Å². The number of carbonyl (C=O) groups is 1. The Morgan fingerprint density at radius 3 is 2.68 bits per heavy atom. The van der Waals surface area contributed by atoms with Crippen molar-refractivity contribution in [3.05, 3.63) is 47.7 Å². The number of nitrogens with two attached hydrogens (primary N) is 1. The number of hydrogen-bond donors (Lipinski definition) is 2. The highest BCUT2D eigenvalue weighted by atomic mass is 19.1. The minimum absolute atomic E-state index is 0.129. The predicted molar refractivity (Wildman–Crippen MR) is 62.0 cm³/mol. The summed E-state index contributed by atoms with van der Waals surface area (Å²) in [5.41, 5.74) is 5.22. The first-order chi connectivity index (χ1) is 8.97. The molecule has 1 aromatic carbocycles. The summed E-state index contributed by atoms with van der Waals surface area (Å²) in [6.45, 7) is 0. The Kier molecular flexibility index (Phi) is 3.28. The third-order valence-electron chi connectivity index (χ3n) is 2.20. The summed E-state index contributed by atoms with van der Waals surface area (Å²) in [4.78, 5) is 14.6. The van der Waals surface area contributed by atoms with Crippen molar-refractivity contribution in [2.24, 2.45) is 0 Å². The summed E-state index contributed by atoms with van der Waals surface area (Å²) in [6.07, 6.45) is 1.17. The van der Waals surface area contributed by atoms with Crippen LogP contribution in [0.2, 0.25) is 0 Å². The molecular weight excluding hydrogens is 258 g/mol. The standard InChI is InChI=1S/C12H8F2N2O3/c13-6-1-2-10(9(14)3-6)19-11-8(12(17)18)4-7(15)5-16-11/h1-5H,15H2,(H,17,18). The number of pyridine rings is 1. The molecule has 0 saturated carbocycles. The van der Waals surface area contributed by atoms with Crippen molar-refractivity contribution in [2.45, 2.75) is 0 Å². The number of aromatic carboxylic acids is 1. The molecular formula is C12H8F2N2O3. The molecule has 0 aliphatic heterocycles. The SMILES string of the molecule is Nc1cnc(Oc2ccc(F)cc2F)c(C(=O)O)c1. The van der Waals surface area contributed by atoms with Gasteiger partial charge in [0.05, 0.1) is 11.9 Å². The zero-order valence-corrected chi connectivity index (χ0v) is 9.43. The Bertz CT molecular complexity index is 647. The van der Waals surface area contributed by atoms with Gasteiger partial charge in [-0.05, 0) is 18.2 Å². The number of ether oxygens (including phenoxy) is 1. The van der Waals surface area contributed by atoms with E-state index in [2.05, 4.69) is 4.98 Å². The van der Waals surface area contributed by atoms with Crippen LogP contribution in [0.1, 0.15) is 10.4 Å². The maximum atomic E-state index is 13.4. The Hall–Kier alpha value is -2.70. The molecule has 3 N–H and O–H groups in total. The molecule has 0 unspecified atom stereocenters. The van der Waals surface area contributed by atoms with E-state index in [9.17, 15) is 13.6 Å². The maximum Gasteiger partial charge on any atom is 0.341 e. The van der Waals surface area contributed by atoms with Crippen LogP contribution in [0.3, 0.4) is 0 Å². The van der Waals surface area contributed by atoms with E-state index in [1.54, 1.807) is 0 Å². The fourth-order valence-electron chi connectivity index (χ4n) is 1.37. The van der Waals surface area contributed by atoms with Gasteiger partial charge in [0, 0.05) is 6.07 Å². The number of carboxylic acid groups (broad SMARTS) is 1. The van der Waals surface area contributed by atoms with Crippen LogP contribution in [0.4, 0.5) is 14.5 Å². The van der Waals surface area contributed by atoms with Gasteiger partial charge < -0.3 is 15.6 Å². The fraction of sp³-hybridized carbons (Fsp3) is 0. The van der Waals surface area contributed by atoms with Crippen LogP contribution in [0.5, 0.6) is 11.6 Å². The maximum absolute atomic E-state index is 13.4. The number of anilines is 1. The van der Waals surface area contributed by atoms with E-state index in [1.807, 2.05) is 0 Å². The zero-order chi connectivity index (χ0) is 14.0. The van der Waals surface area contributed by atoms with Crippen molar-refractivity contribution in [3.8, 4) is 11.6 Å². The van der Waals surface area contributed by atoms with Gasteiger partial charge in [-0.25, -0.2) is 18.6 Å². The van der Waals surface area contributed by atoms with Gasteiger partial charge in [0.2, 0.25) is 5.88 Å². The molecule has 0 aliphatic carbocycles. The largest absolute Gasteiger partial charge is 0.477 e. The highest BCUT2D eigenvalue weighted by molar-refractivity contribution is 5.91. The first kappa shape index (κ1) is 12.7. The van der Waals surface area contributed by atoms with Crippen LogP contribution in [-0.4, -0.2) is 16.1 Å².